The lowest BCUT2D eigenvalue weighted by atomic mass is 10.1. The molecule has 0 saturated heterocycles. The number of hydrogen-bond acceptors (Lipinski definition) is 2. The number of fused-ring (bicyclic) bond motifs is 1. The maximum absolute atomic E-state index is 6.03. The Kier molecular flexibility index (Phi) is 4.18. The van der Waals surface area contributed by atoms with Crippen LogP contribution in [0.3, 0.4) is 0 Å². The summed E-state index contributed by atoms with van der Waals surface area (Å²) in [5.41, 5.74) is 2.59. The largest absolute Gasteiger partial charge is 0.370 e. The van der Waals surface area contributed by atoms with Crippen molar-refractivity contribution in [3.63, 3.8) is 0 Å². The minimum absolute atomic E-state index is 0.782. The lowest BCUT2D eigenvalue weighted by Crippen LogP contribution is -2.21. The molecule has 3 heteroatoms. The third-order valence-electron chi connectivity index (χ3n) is 3.76. The molecule has 0 N–H and O–H groups in total. The Morgan fingerprint density at radius 1 is 0.952 bits per heavy atom. The van der Waals surface area contributed by atoms with E-state index in [9.17, 15) is 0 Å². The Hall–Kier alpha value is -1.51. The molecule has 0 aliphatic carbocycles. The minimum atomic E-state index is 0.782. The predicted octanol–water partition coefficient (Wildman–Crippen LogP) is 6.07. The van der Waals surface area contributed by atoms with Gasteiger partial charge in [-0.05, 0) is 37.6 Å². The summed E-state index contributed by atoms with van der Waals surface area (Å²) in [6.45, 7) is 6.44. The SMILES string of the molecule is CCN(CC)c1c(-c2ccc(Cl)cc2)sc2ccccc12. The van der Waals surface area contributed by atoms with Gasteiger partial charge in [-0.15, -0.1) is 11.3 Å². The van der Waals surface area contributed by atoms with E-state index in [-0.39, 0.29) is 0 Å². The number of thiophene rings is 1. The van der Waals surface area contributed by atoms with Crippen LogP contribution in [0.1, 0.15) is 13.8 Å². The van der Waals surface area contributed by atoms with Crippen LogP contribution in [-0.4, -0.2) is 13.1 Å². The molecule has 0 atom stereocenters. The third kappa shape index (κ3) is 2.66. The van der Waals surface area contributed by atoms with Gasteiger partial charge in [0, 0.05) is 28.2 Å². The van der Waals surface area contributed by atoms with Gasteiger partial charge in [0.15, 0.2) is 0 Å². The molecule has 0 fully saturated rings. The summed E-state index contributed by atoms with van der Waals surface area (Å²) in [5.74, 6) is 0. The highest BCUT2D eigenvalue weighted by atomic mass is 35.5. The maximum atomic E-state index is 6.03. The van der Waals surface area contributed by atoms with E-state index in [1.165, 1.54) is 26.2 Å². The zero-order valence-corrected chi connectivity index (χ0v) is 13.8. The molecule has 0 radical (unpaired) electrons. The summed E-state index contributed by atoms with van der Waals surface area (Å²) < 4.78 is 1.34. The highest BCUT2D eigenvalue weighted by Gasteiger charge is 2.17. The van der Waals surface area contributed by atoms with E-state index in [2.05, 4.69) is 55.1 Å². The van der Waals surface area contributed by atoms with E-state index in [0.717, 1.165) is 18.1 Å². The summed E-state index contributed by atoms with van der Waals surface area (Å²) in [4.78, 5) is 3.76. The molecular weight excluding hydrogens is 298 g/mol. The molecular formula is C18H18ClNS. The van der Waals surface area contributed by atoms with Gasteiger partial charge in [0.25, 0.3) is 0 Å². The Bertz CT molecular complexity index is 742. The standard InChI is InChI=1S/C18H18ClNS/c1-3-20(4-2)17-15-7-5-6-8-16(15)21-18(17)13-9-11-14(19)12-10-13/h5-12H,3-4H2,1-2H3. The Morgan fingerprint density at radius 2 is 1.62 bits per heavy atom. The van der Waals surface area contributed by atoms with Gasteiger partial charge in [-0.2, -0.15) is 0 Å². The second kappa shape index (κ2) is 6.08. The van der Waals surface area contributed by atoms with E-state index in [4.69, 9.17) is 11.6 Å². The van der Waals surface area contributed by atoms with Crippen molar-refractivity contribution in [1.29, 1.82) is 0 Å². The molecule has 1 aromatic heterocycles. The molecule has 0 saturated carbocycles. The Morgan fingerprint density at radius 3 is 2.29 bits per heavy atom. The van der Waals surface area contributed by atoms with Crippen LogP contribution in [-0.2, 0) is 0 Å². The van der Waals surface area contributed by atoms with Crippen molar-refractivity contribution in [2.75, 3.05) is 18.0 Å². The van der Waals surface area contributed by atoms with Gasteiger partial charge in [0.2, 0.25) is 0 Å². The van der Waals surface area contributed by atoms with Gasteiger partial charge >= 0.3 is 0 Å². The zero-order chi connectivity index (χ0) is 14.8. The topological polar surface area (TPSA) is 3.24 Å². The summed E-state index contributed by atoms with van der Waals surface area (Å²) in [6.07, 6.45) is 0. The first-order valence-electron chi connectivity index (χ1n) is 7.27. The summed E-state index contributed by atoms with van der Waals surface area (Å²) in [6, 6.07) is 16.8. The van der Waals surface area contributed by atoms with Crippen molar-refractivity contribution in [2.45, 2.75) is 13.8 Å². The highest BCUT2D eigenvalue weighted by Crippen LogP contribution is 2.44. The van der Waals surface area contributed by atoms with Gasteiger partial charge in [0.1, 0.15) is 0 Å². The van der Waals surface area contributed by atoms with Crippen molar-refractivity contribution >= 4 is 38.7 Å². The van der Waals surface area contributed by atoms with E-state index in [1.807, 2.05) is 23.5 Å². The van der Waals surface area contributed by atoms with Gasteiger partial charge in [-0.1, -0.05) is 41.9 Å². The normalized spacial score (nSPS) is 11.0. The number of benzene rings is 2. The molecule has 1 nitrogen and oxygen atoms in total. The first kappa shape index (κ1) is 14.4. The van der Waals surface area contributed by atoms with Gasteiger partial charge in [-0.25, -0.2) is 0 Å². The fraction of sp³-hybridized carbons (Fsp3) is 0.222. The van der Waals surface area contributed by atoms with Crippen molar-refractivity contribution in [3.05, 3.63) is 53.6 Å². The molecule has 108 valence electrons. The van der Waals surface area contributed by atoms with Crippen LogP contribution in [0.5, 0.6) is 0 Å². The van der Waals surface area contributed by atoms with Crippen LogP contribution in [0.2, 0.25) is 5.02 Å². The number of hydrogen-bond donors (Lipinski definition) is 0. The fourth-order valence-electron chi connectivity index (χ4n) is 2.68. The van der Waals surface area contributed by atoms with Crippen molar-refractivity contribution < 1.29 is 0 Å². The van der Waals surface area contributed by atoms with Crippen molar-refractivity contribution in [1.82, 2.24) is 0 Å². The quantitative estimate of drug-likeness (QED) is 0.565. The molecule has 1 heterocycles. The second-order valence-electron chi connectivity index (χ2n) is 4.96. The molecule has 0 unspecified atom stereocenters. The van der Waals surface area contributed by atoms with Crippen LogP contribution in [0, 0.1) is 0 Å². The van der Waals surface area contributed by atoms with Crippen molar-refractivity contribution in [2.24, 2.45) is 0 Å². The molecule has 0 aliphatic rings. The Balaban J connectivity index is 2.25. The number of rotatable bonds is 4. The maximum Gasteiger partial charge on any atom is 0.0635 e. The van der Waals surface area contributed by atoms with Crippen molar-refractivity contribution in [3.8, 4) is 10.4 Å². The molecule has 0 amide bonds. The van der Waals surface area contributed by atoms with Crippen LogP contribution in [0.4, 0.5) is 5.69 Å². The lowest BCUT2D eigenvalue weighted by Gasteiger charge is -2.22. The first-order valence-corrected chi connectivity index (χ1v) is 8.46. The third-order valence-corrected chi connectivity index (χ3v) is 5.22. The Labute approximate surface area is 134 Å². The summed E-state index contributed by atoms with van der Waals surface area (Å²) >= 11 is 7.88. The molecule has 0 bridgehead atoms. The molecule has 2 aromatic carbocycles. The fourth-order valence-corrected chi connectivity index (χ4v) is 4.04. The number of anilines is 1. The van der Waals surface area contributed by atoms with Gasteiger partial charge in [-0.3, -0.25) is 0 Å². The first-order chi connectivity index (χ1) is 10.2. The molecule has 0 spiro atoms. The smallest absolute Gasteiger partial charge is 0.0635 e. The highest BCUT2D eigenvalue weighted by molar-refractivity contribution is 7.23. The number of nitrogens with zero attached hydrogens (tertiary/aromatic N) is 1. The zero-order valence-electron chi connectivity index (χ0n) is 12.3. The minimum Gasteiger partial charge on any atom is -0.370 e. The molecule has 21 heavy (non-hydrogen) atoms. The average molecular weight is 316 g/mol. The van der Waals surface area contributed by atoms with Gasteiger partial charge < -0.3 is 4.90 Å². The molecule has 0 aliphatic heterocycles. The number of halogens is 1. The van der Waals surface area contributed by atoms with E-state index < -0.39 is 0 Å². The van der Waals surface area contributed by atoms with E-state index >= 15 is 0 Å². The van der Waals surface area contributed by atoms with E-state index in [1.54, 1.807) is 0 Å². The van der Waals surface area contributed by atoms with Gasteiger partial charge in [0.05, 0.1) is 10.6 Å². The lowest BCUT2D eigenvalue weighted by molar-refractivity contribution is 0.873. The van der Waals surface area contributed by atoms with Crippen LogP contribution in [0.15, 0.2) is 48.5 Å². The molecule has 3 aromatic rings. The van der Waals surface area contributed by atoms with Crippen LogP contribution < -0.4 is 4.90 Å². The summed E-state index contributed by atoms with van der Waals surface area (Å²) in [7, 11) is 0. The monoisotopic (exact) mass is 315 g/mol. The van der Waals surface area contributed by atoms with E-state index in [0.29, 0.717) is 0 Å². The summed E-state index contributed by atoms with van der Waals surface area (Å²) in [5, 5.41) is 2.13. The average Bonchev–Trinajstić information content (AvgIpc) is 2.89. The second-order valence-corrected chi connectivity index (χ2v) is 6.44. The predicted molar refractivity (Wildman–Crippen MR) is 95.8 cm³/mol. The van der Waals surface area contributed by atoms with Crippen LogP contribution in [0.25, 0.3) is 20.5 Å². The molecule has 3 rings (SSSR count). The van der Waals surface area contributed by atoms with Crippen LogP contribution >= 0.6 is 22.9 Å².